The van der Waals surface area contributed by atoms with E-state index in [4.69, 9.17) is 0 Å². The number of nitrogens with one attached hydrogen (secondary N) is 1. The first-order valence-electron chi connectivity index (χ1n) is 8.50. The van der Waals surface area contributed by atoms with Gasteiger partial charge in [0.2, 0.25) is 5.91 Å². The lowest BCUT2D eigenvalue weighted by Crippen LogP contribution is -2.32. The molecule has 0 unspecified atom stereocenters. The topological polar surface area (TPSA) is 54.9 Å². The van der Waals surface area contributed by atoms with Crippen molar-refractivity contribution in [1.29, 1.82) is 0 Å². The molecule has 1 amide bonds. The SMILES string of the molecule is C[C@H](Sc1nnc(-c2ccccc2)c2ccccc12)C(=O)NC1CC1. The zero-order valence-corrected chi connectivity index (χ0v) is 14.8. The van der Waals surface area contributed by atoms with Gasteiger partial charge in [0.05, 0.1) is 5.25 Å². The van der Waals surface area contributed by atoms with Crippen LogP contribution < -0.4 is 5.32 Å². The Morgan fingerprint density at radius 2 is 1.72 bits per heavy atom. The fourth-order valence-corrected chi connectivity index (χ4v) is 3.65. The first-order chi connectivity index (χ1) is 12.2. The van der Waals surface area contributed by atoms with Crippen LogP contribution in [0.5, 0.6) is 0 Å². The first kappa shape index (κ1) is 16.1. The molecule has 126 valence electrons. The molecule has 0 spiro atoms. The van der Waals surface area contributed by atoms with E-state index in [9.17, 15) is 4.79 Å². The molecule has 1 heterocycles. The Hall–Kier alpha value is -2.40. The summed E-state index contributed by atoms with van der Waals surface area (Å²) in [4.78, 5) is 12.2. The van der Waals surface area contributed by atoms with Crippen molar-refractivity contribution >= 4 is 28.4 Å². The fraction of sp³-hybridized carbons (Fsp3) is 0.250. The maximum Gasteiger partial charge on any atom is 0.233 e. The van der Waals surface area contributed by atoms with Crippen LogP contribution in [0.3, 0.4) is 0 Å². The third kappa shape index (κ3) is 3.51. The molecule has 1 aliphatic rings. The van der Waals surface area contributed by atoms with E-state index in [0.717, 1.165) is 39.9 Å². The lowest BCUT2D eigenvalue weighted by atomic mass is 10.1. The summed E-state index contributed by atoms with van der Waals surface area (Å²) < 4.78 is 0. The van der Waals surface area contributed by atoms with Crippen molar-refractivity contribution in [3.05, 3.63) is 54.6 Å². The molecule has 25 heavy (non-hydrogen) atoms. The lowest BCUT2D eigenvalue weighted by molar-refractivity contribution is -0.120. The molecular formula is C20H19N3OS. The molecule has 1 aromatic heterocycles. The second kappa shape index (κ2) is 6.84. The Morgan fingerprint density at radius 3 is 2.44 bits per heavy atom. The van der Waals surface area contributed by atoms with Crippen LogP contribution in [-0.2, 0) is 4.79 Å². The Kier molecular flexibility index (Phi) is 4.40. The van der Waals surface area contributed by atoms with E-state index in [-0.39, 0.29) is 11.2 Å². The van der Waals surface area contributed by atoms with Crippen molar-refractivity contribution in [2.24, 2.45) is 0 Å². The van der Waals surface area contributed by atoms with Gasteiger partial charge in [-0.15, -0.1) is 10.2 Å². The second-order valence-electron chi connectivity index (χ2n) is 6.31. The monoisotopic (exact) mass is 349 g/mol. The highest BCUT2D eigenvalue weighted by molar-refractivity contribution is 8.00. The van der Waals surface area contributed by atoms with Crippen molar-refractivity contribution in [2.75, 3.05) is 0 Å². The Balaban J connectivity index is 1.67. The second-order valence-corrected chi connectivity index (χ2v) is 7.64. The van der Waals surface area contributed by atoms with Gasteiger partial charge in [0.1, 0.15) is 10.7 Å². The molecule has 0 bridgehead atoms. The van der Waals surface area contributed by atoms with Crippen LogP contribution in [0, 0.1) is 0 Å². The standard InChI is InChI=1S/C20H19N3OS/c1-13(19(24)21-15-11-12-15)25-20-17-10-6-5-9-16(17)18(22-23-20)14-7-3-2-4-8-14/h2-10,13,15H,11-12H2,1H3,(H,21,24)/t13-/m0/s1. The van der Waals surface area contributed by atoms with Gasteiger partial charge in [-0.05, 0) is 19.8 Å². The van der Waals surface area contributed by atoms with Gasteiger partial charge < -0.3 is 5.32 Å². The molecule has 0 saturated heterocycles. The molecule has 4 nitrogen and oxygen atoms in total. The molecular weight excluding hydrogens is 330 g/mol. The third-order valence-corrected chi connectivity index (χ3v) is 5.37. The number of fused-ring (bicyclic) bond motifs is 1. The van der Waals surface area contributed by atoms with Gasteiger partial charge in [-0.25, -0.2) is 0 Å². The van der Waals surface area contributed by atoms with Crippen molar-refractivity contribution < 1.29 is 4.79 Å². The zero-order chi connectivity index (χ0) is 17.2. The van der Waals surface area contributed by atoms with E-state index >= 15 is 0 Å². The number of rotatable bonds is 5. The molecule has 0 radical (unpaired) electrons. The maximum absolute atomic E-state index is 12.2. The molecule has 1 N–H and O–H groups in total. The number of hydrogen-bond acceptors (Lipinski definition) is 4. The summed E-state index contributed by atoms with van der Waals surface area (Å²) in [6.07, 6.45) is 2.19. The largest absolute Gasteiger partial charge is 0.352 e. The fourth-order valence-electron chi connectivity index (χ4n) is 2.74. The van der Waals surface area contributed by atoms with Crippen molar-refractivity contribution in [2.45, 2.75) is 36.1 Å². The average molecular weight is 349 g/mol. The summed E-state index contributed by atoms with van der Waals surface area (Å²) in [5.74, 6) is 0.0746. The number of thioether (sulfide) groups is 1. The summed E-state index contributed by atoms with van der Waals surface area (Å²) in [6, 6.07) is 18.5. The number of carbonyl (C=O) groups excluding carboxylic acids is 1. The predicted molar refractivity (Wildman–Crippen MR) is 101 cm³/mol. The molecule has 1 aliphatic carbocycles. The minimum absolute atomic E-state index is 0.0746. The molecule has 1 fully saturated rings. The minimum Gasteiger partial charge on any atom is -0.352 e. The van der Waals surface area contributed by atoms with Crippen molar-refractivity contribution in [3.63, 3.8) is 0 Å². The Morgan fingerprint density at radius 1 is 1.04 bits per heavy atom. The molecule has 1 atom stereocenters. The van der Waals surface area contributed by atoms with Gasteiger partial charge in [-0.2, -0.15) is 0 Å². The molecule has 1 saturated carbocycles. The number of carbonyl (C=O) groups is 1. The Bertz CT molecular complexity index is 909. The highest BCUT2D eigenvalue weighted by atomic mass is 32.2. The van der Waals surface area contributed by atoms with E-state index in [1.54, 1.807) is 0 Å². The number of nitrogens with zero attached hydrogens (tertiary/aromatic N) is 2. The van der Waals surface area contributed by atoms with Crippen LogP contribution in [0.25, 0.3) is 22.0 Å². The summed E-state index contributed by atoms with van der Waals surface area (Å²) in [6.45, 7) is 1.92. The summed E-state index contributed by atoms with van der Waals surface area (Å²) in [5.41, 5.74) is 1.91. The van der Waals surface area contributed by atoms with Crippen LogP contribution in [0.4, 0.5) is 0 Å². The van der Waals surface area contributed by atoms with E-state index in [1.807, 2.05) is 55.5 Å². The third-order valence-electron chi connectivity index (χ3n) is 4.28. The average Bonchev–Trinajstić information content (AvgIpc) is 3.46. The number of aromatic nitrogens is 2. The highest BCUT2D eigenvalue weighted by Crippen LogP contribution is 2.33. The first-order valence-corrected chi connectivity index (χ1v) is 9.38. The van der Waals surface area contributed by atoms with E-state index in [0.29, 0.717) is 6.04 Å². The zero-order valence-electron chi connectivity index (χ0n) is 14.0. The van der Waals surface area contributed by atoms with Crippen molar-refractivity contribution in [1.82, 2.24) is 15.5 Å². The van der Waals surface area contributed by atoms with Crippen molar-refractivity contribution in [3.8, 4) is 11.3 Å². The predicted octanol–water partition coefficient (Wildman–Crippen LogP) is 4.06. The van der Waals surface area contributed by atoms with Crippen LogP contribution in [0.15, 0.2) is 59.6 Å². The Labute approximate surface area is 151 Å². The van der Waals surface area contributed by atoms with Crippen LogP contribution in [0.1, 0.15) is 19.8 Å². The summed E-state index contributed by atoms with van der Waals surface area (Å²) in [5, 5.41) is 14.6. The van der Waals surface area contributed by atoms with Gasteiger partial charge in [0, 0.05) is 22.4 Å². The normalized spacial score (nSPS) is 15.1. The van der Waals surface area contributed by atoms with E-state index in [2.05, 4.69) is 21.6 Å². The molecule has 2 aromatic carbocycles. The minimum atomic E-state index is -0.194. The summed E-state index contributed by atoms with van der Waals surface area (Å²) in [7, 11) is 0. The maximum atomic E-state index is 12.2. The van der Waals surface area contributed by atoms with Gasteiger partial charge in [0.15, 0.2) is 0 Å². The molecule has 0 aliphatic heterocycles. The number of hydrogen-bond donors (Lipinski definition) is 1. The quantitative estimate of drug-likeness (QED) is 0.706. The number of benzene rings is 2. The van der Waals surface area contributed by atoms with Crippen LogP contribution in [0.2, 0.25) is 0 Å². The van der Waals surface area contributed by atoms with E-state index < -0.39 is 0 Å². The van der Waals surface area contributed by atoms with Gasteiger partial charge in [-0.3, -0.25) is 4.79 Å². The van der Waals surface area contributed by atoms with Gasteiger partial charge in [-0.1, -0.05) is 66.4 Å². The smallest absolute Gasteiger partial charge is 0.233 e. The van der Waals surface area contributed by atoms with Crippen LogP contribution >= 0.6 is 11.8 Å². The van der Waals surface area contributed by atoms with Gasteiger partial charge in [0.25, 0.3) is 0 Å². The molecule has 4 rings (SSSR count). The number of amides is 1. The highest BCUT2D eigenvalue weighted by Gasteiger charge is 2.26. The lowest BCUT2D eigenvalue weighted by Gasteiger charge is -2.13. The molecule has 3 aromatic rings. The molecule has 5 heteroatoms. The van der Waals surface area contributed by atoms with E-state index in [1.165, 1.54) is 11.8 Å². The van der Waals surface area contributed by atoms with Gasteiger partial charge >= 0.3 is 0 Å². The van der Waals surface area contributed by atoms with Crippen LogP contribution in [-0.4, -0.2) is 27.4 Å². The summed E-state index contributed by atoms with van der Waals surface area (Å²) >= 11 is 1.47.